The number of aliphatic hydroxyl groups excluding tert-OH is 2. The zero-order chi connectivity index (χ0) is 26.2. The van der Waals surface area contributed by atoms with Crippen LogP contribution in [0.3, 0.4) is 0 Å². The summed E-state index contributed by atoms with van der Waals surface area (Å²) in [6.45, 7) is 12.1. The molecule has 0 aliphatic rings. The number of allylic oxidation sites excluding steroid dienone is 2. The SMILES string of the molecule is CCCCCCCCC=CCCCCCCCC(OCCC)(OCCC)N(CC(C)O)CC(C)O. The van der Waals surface area contributed by atoms with E-state index in [4.69, 9.17) is 9.47 Å². The third kappa shape index (κ3) is 19.3. The topological polar surface area (TPSA) is 62.2 Å². The van der Waals surface area contributed by atoms with Gasteiger partial charge in [0.2, 0.25) is 5.91 Å². The van der Waals surface area contributed by atoms with Crippen LogP contribution in [0.2, 0.25) is 0 Å². The summed E-state index contributed by atoms with van der Waals surface area (Å²) >= 11 is 0. The second kappa shape index (κ2) is 23.9. The van der Waals surface area contributed by atoms with Gasteiger partial charge in [0.1, 0.15) is 0 Å². The average Bonchev–Trinajstić information content (AvgIpc) is 2.82. The fourth-order valence-corrected chi connectivity index (χ4v) is 4.46. The van der Waals surface area contributed by atoms with Crippen LogP contribution in [0, 0.1) is 0 Å². The van der Waals surface area contributed by atoms with Crippen LogP contribution in [0.15, 0.2) is 12.2 Å². The molecule has 0 rings (SSSR count). The van der Waals surface area contributed by atoms with Crippen LogP contribution < -0.4 is 0 Å². The Bertz CT molecular complexity index is 449. The Morgan fingerprint density at radius 2 is 1.06 bits per heavy atom. The summed E-state index contributed by atoms with van der Waals surface area (Å²) in [5.74, 6) is -0.876. The van der Waals surface area contributed by atoms with Crippen LogP contribution >= 0.6 is 0 Å². The van der Waals surface area contributed by atoms with Gasteiger partial charge in [0.25, 0.3) is 0 Å². The molecule has 0 spiro atoms. The first-order chi connectivity index (χ1) is 16.9. The van der Waals surface area contributed by atoms with Gasteiger partial charge in [0.15, 0.2) is 0 Å². The Morgan fingerprint density at radius 1 is 0.629 bits per heavy atom. The second-order valence-corrected chi connectivity index (χ2v) is 10.3. The van der Waals surface area contributed by atoms with Gasteiger partial charge in [-0.15, -0.1) is 0 Å². The number of hydrogen-bond donors (Lipinski definition) is 2. The molecular formula is C30H61NO4. The molecule has 5 nitrogen and oxygen atoms in total. The fraction of sp³-hybridized carbons (Fsp3) is 0.933. The highest BCUT2D eigenvalue weighted by atomic mass is 16.7. The lowest BCUT2D eigenvalue weighted by atomic mass is 10.1. The lowest BCUT2D eigenvalue weighted by Crippen LogP contribution is -2.57. The summed E-state index contributed by atoms with van der Waals surface area (Å²) in [7, 11) is 0. The van der Waals surface area contributed by atoms with Gasteiger partial charge in [0.05, 0.1) is 25.4 Å². The molecule has 0 fully saturated rings. The van der Waals surface area contributed by atoms with Crippen LogP contribution in [-0.2, 0) is 9.47 Å². The van der Waals surface area contributed by atoms with Crippen LogP contribution in [0.4, 0.5) is 0 Å². The predicted molar refractivity (Wildman–Crippen MR) is 150 cm³/mol. The Balaban J connectivity index is 4.48. The molecule has 2 unspecified atom stereocenters. The number of hydrogen-bond acceptors (Lipinski definition) is 5. The Hall–Kier alpha value is -0.460. The highest BCUT2D eigenvalue weighted by Gasteiger charge is 2.39. The number of rotatable bonds is 26. The Labute approximate surface area is 218 Å². The summed E-state index contributed by atoms with van der Waals surface area (Å²) < 4.78 is 12.7. The standard InChI is InChI=1S/C30H61NO4/c1-6-9-10-11-12-13-14-15-16-17-18-19-20-21-22-23-30(34-24-7-2,35-25-8-3)31(26-28(4)32)27-29(5)33/h15-16,28-29,32-33H,6-14,17-27H2,1-5H3. The molecule has 0 aromatic carbocycles. The Morgan fingerprint density at radius 3 is 1.49 bits per heavy atom. The molecule has 0 bridgehead atoms. The van der Waals surface area contributed by atoms with Crippen LogP contribution in [-0.4, -0.2) is 59.5 Å². The zero-order valence-corrected chi connectivity index (χ0v) is 24.1. The molecule has 5 heteroatoms. The number of unbranched alkanes of at least 4 members (excludes halogenated alkanes) is 11. The van der Waals surface area contributed by atoms with E-state index in [9.17, 15) is 10.2 Å². The van der Waals surface area contributed by atoms with Gasteiger partial charge in [-0.2, -0.15) is 0 Å². The minimum Gasteiger partial charge on any atom is -0.392 e. The van der Waals surface area contributed by atoms with E-state index < -0.39 is 18.1 Å². The van der Waals surface area contributed by atoms with Crippen LogP contribution in [0.5, 0.6) is 0 Å². The zero-order valence-electron chi connectivity index (χ0n) is 24.1. The molecule has 2 atom stereocenters. The largest absolute Gasteiger partial charge is 0.392 e. The first-order valence-corrected chi connectivity index (χ1v) is 15.0. The van der Waals surface area contributed by atoms with E-state index in [0.717, 1.165) is 32.1 Å². The van der Waals surface area contributed by atoms with Crippen molar-refractivity contribution in [2.45, 2.75) is 155 Å². The molecule has 35 heavy (non-hydrogen) atoms. The number of nitrogens with zero attached hydrogens (tertiary/aromatic N) is 1. The summed E-state index contributed by atoms with van der Waals surface area (Å²) in [6.07, 6.45) is 22.8. The molecule has 0 aliphatic heterocycles. The van der Waals surface area contributed by atoms with Crippen LogP contribution in [0.25, 0.3) is 0 Å². The van der Waals surface area contributed by atoms with Crippen LogP contribution in [0.1, 0.15) is 137 Å². The van der Waals surface area contributed by atoms with Gasteiger partial charge in [-0.1, -0.05) is 84.3 Å². The molecule has 0 aliphatic carbocycles. The van der Waals surface area contributed by atoms with Gasteiger partial charge < -0.3 is 19.7 Å². The average molecular weight is 500 g/mol. The van der Waals surface area contributed by atoms with Crippen molar-refractivity contribution in [3.63, 3.8) is 0 Å². The van der Waals surface area contributed by atoms with Crippen molar-refractivity contribution in [1.29, 1.82) is 0 Å². The monoisotopic (exact) mass is 499 g/mol. The van der Waals surface area contributed by atoms with Gasteiger partial charge in [0, 0.05) is 19.5 Å². The van der Waals surface area contributed by atoms with Gasteiger partial charge >= 0.3 is 0 Å². The maximum Gasteiger partial charge on any atom is 0.230 e. The van der Waals surface area contributed by atoms with Gasteiger partial charge in [-0.05, 0) is 58.8 Å². The lowest BCUT2D eigenvalue weighted by Gasteiger charge is -2.44. The second-order valence-electron chi connectivity index (χ2n) is 10.3. The molecule has 0 amide bonds. The Kier molecular flexibility index (Phi) is 23.6. The molecule has 0 saturated heterocycles. The van der Waals surface area contributed by atoms with E-state index in [1.165, 1.54) is 70.6 Å². The molecule has 0 radical (unpaired) electrons. The number of aliphatic hydroxyl groups is 2. The highest BCUT2D eigenvalue weighted by molar-refractivity contribution is 4.81. The first kappa shape index (κ1) is 34.5. The molecule has 0 aromatic rings. The molecular weight excluding hydrogens is 438 g/mol. The van der Waals surface area contributed by atoms with Gasteiger partial charge in [-0.25, -0.2) is 4.90 Å². The van der Waals surface area contributed by atoms with Crippen molar-refractivity contribution >= 4 is 0 Å². The minimum atomic E-state index is -0.876. The molecule has 0 heterocycles. The predicted octanol–water partition coefficient (Wildman–Crippen LogP) is 7.59. The maximum absolute atomic E-state index is 10.1. The molecule has 0 aromatic heterocycles. The number of ether oxygens (including phenoxy) is 2. The van der Waals surface area contributed by atoms with E-state index in [1.807, 2.05) is 4.90 Å². The molecule has 210 valence electrons. The van der Waals surface area contributed by atoms with E-state index in [1.54, 1.807) is 13.8 Å². The van der Waals surface area contributed by atoms with E-state index in [0.29, 0.717) is 26.3 Å². The van der Waals surface area contributed by atoms with Crippen molar-refractivity contribution in [1.82, 2.24) is 4.90 Å². The summed E-state index contributed by atoms with van der Waals surface area (Å²) in [4.78, 5) is 2.02. The minimum absolute atomic E-state index is 0.420. The van der Waals surface area contributed by atoms with E-state index in [-0.39, 0.29) is 0 Å². The highest BCUT2D eigenvalue weighted by Crippen LogP contribution is 2.28. The van der Waals surface area contributed by atoms with Crippen molar-refractivity contribution in [3.05, 3.63) is 12.2 Å². The summed E-state index contributed by atoms with van der Waals surface area (Å²) in [6, 6.07) is 0. The van der Waals surface area contributed by atoms with E-state index in [2.05, 4.69) is 32.9 Å². The quantitative estimate of drug-likeness (QED) is 0.0729. The van der Waals surface area contributed by atoms with Crippen molar-refractivity contribution in [2.75, 3.05) is 26.3 Å². The van der Waals surface area contributed by atoms with Gasteiger partial charge in [-0.3, -0.25) is 0 Å². The fourth-order valence-electron chi connectivity index (χ4n) is 4.46. The third-order valence-corrected chi connectivity index (χ3v) is 6.27. The summed E-state index contributed by atoms with van der Waals surface area (Å²) in [5, 5.41) is 20.2. The van der Waals surface area contributed by atoms with E-state index >= 15 is 0 Å². The van der Waals surface area contributed by atoms with Crippen molar-refractivity contribution < 1.29 is 19.7 Å². The normalized spacial score (nSPS) is 14.3. The molecule has 0 saturated carbocycles. The maximum atomic E-state index is 10.1. The third-order valence-electron chi connectivity index (χ3n) is 6.27. The summed E-state index contributed by atoms with van der Waals surface area (Å²) in [5.41, 5.74) is 0. The van der Waals surface area contributed by atoms with Crippen molar-refractivity contribution in [2.24, 2.45) is 0 Å². The lowest BCUT2D eigenvalue weighted by molar-refractivity contribution is -0.328. The first-order valence-electron chi connectivity index (χ1n) is 15.0. The molecule has 2 N–H and O–H groups in total. The smallest absolute Gasteiger partial charge is 0.230 e. The van der Waals surface area contributed by atoms with Crippen molar-refractivity contribution in [3.8, 4) is 0 Å².